The standard InChI is InChI=1S/C15H24N4/c1-4-12-7-5-6-8-19(12)15-13(14(16)17)10(2)9-11(3)18-15/h9,12H,4-8H2,1-3H3,(H3,16,17). The average molecular weight is 260 g/mol. The van der Waals surface area contributed by atoms with Crippen LogP contribution in [-0.4, -0.2) is 23.4 Å². The highest BCUT2D eigenvalue weighted by molar-refractivity contribution is 6.01. The van der Waals surface area contributed by atoms with Crippen LogP contribution in [0.1, 0.15) is 49.4 Å². The second-order valence-corrected chi connectivity index (χ2v) is 5.44. The first-order valence-corrected chi connectivity index (χ1v) is 7.13. The fourth-order valence-electron chi connectivity index (χ4n) is 3.06. The molecule has 104 valence electrons. The Morgan fingerprint density at radius 2 is 2.21 bits per heavy atom. The molecule has 0 bridgehead atoms. The molecule has 1 aromatic heterocycles. The number of aryl methyl sites for hydroxylation is 2. The van der Waals surface area contributed by atoms with Gasteiger partial charge in [-0.1, -0.05) is 6.92 Å². The minimum Gasteiger partial charge on any atom is -0.384 e. The average Bonchev–Trinajstić information content (AvgIpc) is 2.37. The van der Waals surface area contributed by atoms with Gasteiger partial charge in [-0.3, -0.25) is 5.41 Å². The van der Waals surface area contributed by atoms with Gasteiger partial charge in [-0.05, 0) is 51.2 Å². The number of nitrogen functional groups attached to an aromatic ring is 1. The summed E-state index contributed by atoms with van der Waals surface area (Å²) in [5.74, 6) is 1.04. The summed E-state index contributed by atoms with van der Waals surface area (Å²) >= 11 is 0. The van der Waals surface area contributed by atoms with Crippen molar-refractivity contribution in [2.45, 2.75) is 52.5 Å². The van der Waals surface area contributed by atoms with E-state index in [1.165, 1.54) is 19.3 Å². The first kappa shape index (κ1) is 13.8. The minimum atomic E-state index is 0.125. The number of pyridine rings is 1. The lowest BCUT2D eigenvalue weighted by molar-refractivity contribution is 0.446. The van der Waals surface area contributed by atoms with E-state index in [1.807, 2.05) is 19.9 Å². The molecule has 0 radical (unpaired) electrons. The topological polar surface area (TPSA) is 66.0 Å². The van der Waals surface area contributed by atoms with Crippen LogP contribution in [0.5, 0.6) is 0 Å². The Bertz CT molecular complexity index is 481. The number of anilines is 1. The highest BCUT2D eigenvalue weighted by Gasteiger charge is 2.25. The molecular weight excluding hydrogens is 236 g/mol. The first-order valence-electron chi connectivity index (χ1n) is 7.13. The van der Waals surface area contributed by atoms with E-state index in [0.717, 1.165) is 35.6 Å². The Balaban J connectivity index is 2.50. The van der Waals surface area contributed by atoms with Gasteiger partial charge < -0.3 is 10.6 Å². The third kappa shape index (κ3) is 2.72. The summed E-state index contributed by atoms with van der Waals surface area (Å²) in [5.41, 5.74) is 8.64. The third-order valence-electron chi connectivity index (χ3n) is 3.97. The zero-order chi connectivity index (χ0) is 14.0. The maximum absolute atomic E-state index is 7.84. The van der Waals surface area contributed by atoms with Gasteiger partial charge in [-0.25, -0.2) is 4.98 Å². The number of nitrogens with one attached hydrogen (secondary N) is 1. The van der Waals surface area contributed by atoms with Gasteiger partial charge in [0.2, 0.25) is 0 Å². The van der Waals surface area contributed by atoms with Crippen molar-refractivity contribution in [1.29, 1.82) is 5.41 Å². The largest absolute Gasteiger partial charge is 0.384 e. The lowest BCUT2D eigenvalue weighted by atomic mass is 9.98. The SMILES string of the molecule is CCC1CCCCN1c1nc(C)cc(C)c1C(=N)N. The molecule has 0 saturated carbocycles. The van der Waals surface area contributed by atoms with E-state index >= 15 is 0 Å². The summed E-state index contributed by atoms with van der Waals surface area (Å²) in [5, 5.41) is 7.84. The van der Waals surface area contributed by atoms with Gasteiger partial charge in [0.15, 0.2) is 0 Å². The molecule has 1 saturated heterocycles. The van der Waals surface area contributed by atoms with Crippen LogP contribution in [0.2, 0.25) is 0 Å². The summed E-state index contributed by atoms with van der Waals surface area (Å²) in [4.78, 5) is 7.04. The normalized spacial score (nSPS) is 19.5. The molecule has 0 spiro atoms. The number of nitrogens with two attached hydrogens (primary N) is 1. The van der Waals surface area contributed by atoms with Crippen LogP contribution in [0, 0.1) is 19.3 Å². The minimum absolute atomic E-state index is 0.125. The Morgan fingerprint density at radius 1 is 1.47 bits per heavy atom. The Kier molecular flexibility index (Phi) is 4.08. The predicted octanol–water partition coefficient (Wildman–Crippen LogP) is 2.75. The Labute approximate surface area is 115 Å². The quantitative estimate of drug-likeness (QED) is 0.648. The summed E-state index contributed by atoms with van der Waals surface area (Å²) < 4.78 is 0. The fraction of sp³-hybridized carbons (Fsp3) is 0.600. The molecule has 0 aliphatic carbocycles. The second kappa shape index (κ2) is 5.59. The molecule has 2 rings (SSSR count). The maximum Gasteiger partial charge on any atom is 0.140 e. The number of nitrogens with zero attached hydrogens (tertiary/aromatic N) is 2. The van der Waals surface area contributed by atoms with Gasteiger partial charge in [-0.15, -0.1) is 0 Å². The summed E-state index contributed by atoms with van der Waals surface area (Å²) in [6.07, 6.45) is 4.81. The van der Waals surface area contributed by atoms with E-state index < -0.39 is 0 Å². The van der Waals surface area contributed by atoms with Gasteiger partial charge in [0.05, 0.1) is 5.56 Å². The lowest BCUT2D eigenvalue weighted by Gasteiger charge is -2.37. The molecule has 0 amide bonds. The molecular formula is C15H24N4. The Hall–Kier alpha value is -1.58. The van der Waals surface area contributed by atoms with Crippen molar-refractivity contribution in [1.82, 2.24) is 4.98 Å². The van der Waals surface area contributed by atoms with Crippen molar-refractivity contribution in [2.24, 2.45) is 5.73 Å². The van der Waals surface area contributed by atoms with Gasteiger partial charge in [-0.2, -0.15) is 0 Å². The van der Waals surface area contributed by atoms with Crippen molar-refractivity contribution in [3.8, 4) is 0 Å². The molecule has 19 heavy (non-hydrogen) atoms. The van der Waals surface area contributed by atoms with E-state index in [4.69, 9.17) is 11.1 Å². The number of rotatable bonds is 3. The van der Waals surface area contributed by atoms with Crippen molar-refractivity contribution in [3.05, 3.63) is 22.9 Å². The smallest absolute Gasteiger partial charge is 0.140 e. The van der Waals surface area contributed by atoms with E-state index in [-0.39, 0.29) is 5.84 Å². The number of hydrogen-bond donors (Lipinski definition) is 2. The van der Waals surface area contributed by atoms with Crippen LogP contribution in [0.4, 0.5) is 5.82 Å². The predicted molar refractivity (Wildman–Crippen MR) is 80.0 cm³/mol. The lowest BCUT2D eigenvalue weighted by Crippen LogP contribution is -2.41. The summed E-state index contributed by atoms with van der Waals surface area (Å²) in [7, 11) is 0. The van der Waals surface area contributed by atoms with Crippen LogP contribution in [0.3, 0.4) is 0 Å². The van der Waals surface area contributed by atoms with Crippen LogP contribution in [0.25, 0.3) is 0 Å². The molecule has 1 unspecified atom stereocenters. The van der Waals surface area contributed by atoms with E-state index in [2.05, 4.69) is 16.8 Å². The van der Waals surface area contributed by atoms with Crippen molar-refractivity contribution < 1.29 is 0 Å². The molecule has 1 aliphatic rings. The highest BCUT2D eigenvalue weighted by Crippen LogP contribution is 2.29. The zero-order valence-electron chi connectivity index (χ0n) is 12.2. The number of amidine groups is 1. The van der Waals surface area contributed by atoms with E-state index in [0.29, 0.717) is 6.04 Å². The molecule has 1 aliphatic heterocycles. The molecule has 4 heteroatoms. The number of piperidine rings is 1. The second-order valence-electron chi connectivity index (χ2n) is 5.44. The molecule has 3 N–H and O–H groups in total. The fourth-order valence-corrected chi connectivity index (χ4v) is 3.06. The van der Waals surface area contributed by atoms with Crippen LogP contribution in [-0.2, 0) is 0 Å². The molecule has 2 heterocycles. The molecule has 1 aromatic rings. The van der Waals surface area contributed by atoms with E-state index in [1.54, 1.807) is 0 Å². The molecule has 4 nitrogen and oxygen atoms in total. The van der Waals surface area contributed by atoms with Gasteiger partial charge in [0.25, 0.3) is 0 Å². The third-order valence-corrected chi connectivity index (χ3v) is 3.97. The van der Waals surface area contributed by atoms with Crippen LogP contribution >= 0.6 is 0 Å². The van der Waals surface area contributed by atoms with E-state index in [9.17, 15) is 0 Å². The van der Waals surface area contributed by atoms with Gasteiger partial charge in [0.1, 0.15) is 11.7 Å². The van der Waals surface area contributed by atoms with Gasteiger partial charge in [0, 0.05) is 18.3 Å². The maximum atomic E-state index is 7.84. The first-order chi connectivity index (χ1) is 9.04. The number of hydrogen-bond acceptors (Lipinski definition) is 3. The summed E-state index contributed by atoms with van der Waals surface area (Å²) in [6, 6.07) is 2.53. The van der Waals surface area contributed by atoms with Crippen LogP contribution < -0.4 is 10.6 Å². The van der Waals surface area contributed by atoms with Crippen molar-refractivity contribution in [2.75, 3.05) is 11.4 Å². The summed E-state index contributed by atoms with van der Waals surface area (Å²) in [6.45, 7) is 7.26. The zero-order valence-corrected chi connectivity index (χ0v) is 12.2. The van der Waals surface area contributed by atoms with Gasteiger partial charge >= 0.3 is 0 Å². The molecule has 1 atom stereocenters. The van der Waals surface area contributed by atoms with Crippen LogP contribution in [0.15, 0.2) is 6.07 Å². The van der Waals surface area contributed by atoms with Crippen molar-refractivity contribution in [3.63, 3.8) is 0 Å². The Morgan fingerprint density at radius 3 is 2.84 bits per heavy atom. The highest BCUT2D eigenvalue weighted by atomic mass is 15.2. The number of aromatic nitrogens is 1. The molecule has 1 fully saturated rings. The van der Waals surface area contributed by atoms with Crippen molar-refractivity contribution >= 4 is 11.7 Å². The monoisotopic (exact) mass is 260 g/mol. The molecule has 0 aromatic carbocycles.